The fourth-order valence-corrected chi connectivity index (χ4v) is 2.60. The number of nitrogens with zero attached hydrogens (tertiary/aromatic N) is 3. The van der Waals surface area contributed by atoms with Crippen LogP contribution < -0.4 is 10.6 Å². The van der Waals surface area contributed by atoms with E-state index in [0.29, 0.717) is 10.9 Å². The smallest absolute Gasteiger partial charge is 0.277 e. The van der Waals surface area contributed by atoms with Crippen molar-refractivity contribution in [3.05, 3.63) is 28.4 Å². The molecule has 2 heterocycles. The van der Waals surface area contributed by atoms with Gasteiger partial charge in [0.25, 0.3) is 5.91 Å². The maximum atomic E-state index is 12.0. The summed E-state index contributed by atoms with van der Waals surface area (Å²) in [4.78, 5) is 17.5. The minimum Gasteiger partial charge on any atom is -0.369 e. The van der Waals surface area contributed by atoms with Gasteiger partial charge in [-0.3, -0.25) is 10.1 Å². The van der Waals surface area contributed by atoms with Gasteiger partial charge in [0.1, 0.15) is 5.82 Å². The number of aromatic nitrogens is 3. The normalized spacial score (nSPS) is 10.3. The molecule has 20 heavy (non-hydrogen) atoms. The van der Waals surface area contributed by atoms with Crippen molar-refractivity contribution >= 4 is 28.2 Å². The van der Waals surface area contributed by atoms with E-state index in [1.165, 1.54) is 11.3 Å². The fraction of sp³-hybridized carbons (Fsp3) is 0.385. The summed E-state index contributed by atoms with van der Waals surface area (Å²) < 4.78 is 0. The van der Waals surface area contributed by atoms with E-state index in [0.717, 1.165) is 23.5 Å². The van der Waals surface area contributed by atoms with E-state index in [4.69, 9.17) is 0 Å². The van der Waals surface area contributed by atoms with Crippen LogP contribution in [0.15, 0.2) is 12.1 Å². The van der Waals surface area contributed by atoms with Crippen LogP contribution in [0.1, 0.15) is 34.9 Å². The van der Waals surface area contributed by atoms with Gasteiger partial charge in [0.05, 0.1) is 5.69 Å². The summed E-state index contributed by atoms with van der Waals surface area (Å²) in [5, 5.41) is 14.2. The molecule has 0 spiro atoms. The number of carbonyl (C=O) groups excluding carboxylic acids is 1. The van der Waals surface area contributed by atoms with Gasteiger partial charge in [-0.15, -0.1) is 21.5 Å². The second kappa shape index (κ2) is 6.42. The number of carbonyl (C=O) groups is 1. The van der Waals surface area contributed by atoms with Gasteiger partial charge in [0, 0.05) is 11.4 Å². The summed E-state index contributed by atoms with van der Waals surface area (Å²) in [5.41, 5.74) is 1.29. The van der Waals surface area contributed by atoms with Gasteiger partial charge in [0.15, 0.2) is 10.8 Å². The van der Waals surface area contributed by atoms with Crippen molar-refractivity contribution in [2.75, 3.05) is 17.2 Å². The zero-order valence-electron chi connectivity index (χ0n) is 11.7. The quantitative estimate of drug-likeness (QED) is 0.884. The molecule has 7 heteroatoms. The highest BCUT2D eigenvalue weighted by molar-refractivity contribution is 7.15. The number of thiazole rings is 1. The van der Waals surface area contributed by atoms with Crippen LogP contribution >= 0.6 is 11.3 Å². The lowest BCUT2D eigenvalue weighted by Crippen LogP contribution is -2.14. The monoisotopic (exact) mass is 291 g/mol. The number of nitrogens with one attached hydrogen (secondary N) is 2. The van der Waals surface area contributed by atoms with Crippen molar-refractivity contribution in [1.82, 2.24) is 15.2 Å². The molecular formula is C13H17N5OS. The van der Waals surface area contributed by atoms with Gasteiger partial charge in [0.2, 0.25) is 0 Å². The Morgan fingerprint density at radius 2 is 2.10 bits per heavy atom. The van der Waals surface area contributed by atoms with E-state index in [1.54, 1.807) is 12.1 Å². The van der Waals surface area contributed by atoms with Crippen molar-refractivity contribution in [3.8, 4) is 0 Å². The second-order valence-electron chi connectivity index (χ2n) is 4.16. The number of aryl methyl sites for hydroxylation is 2. The molecule has 2 aromatic rings. The summed E-state index contributed by atoms with van der Waals surface area (Å²) in [7, 11) is 0. The summed E-state index contributed by atoms with van der Waals surface area (Å²) in [6, 6.07) is 3.37. The van der Waals surface area contributed by atoms with E-state index in [9.17, 15) is 4.79 Å². The van der Waals surface area contributed by atoms with Crippen LogP contribution in [0.25, 0.3) is 0 Å². The van der Waals surface area contributed by atoms with E-state index in [1.807, 2.05) is 20.8 Å². The molecule has 0 atom stereocenters. The largest absolute Gasteiger partial charge is 0.369 e. The molecule has 0 fully saturated rings. The average molecular weight is 291 g/mol. The van der Waals surface area contributed by atoms with Crippen molar-refractivity contribution in [1.29, 1.82) is 0 Å². The maximum Gasteiger partial charge on any atom is 0.277 e. The Hall–Kier alpha value is -2.02. The van der Waals surface area contributed by atoms with Crippen molar-refractivity contribution in [2.45, 2.75) is 27.2 Å². The van der Waals surface area contributed by atoms with Gasteiger partial charge >= 0.3 is 0 Å². The van der Waals surface area contributed by atoms with E-state index >= 15 is 0 Å². The third-order valence-electron chi connectivity index (χ3n) is 2.70. The van der Waals surface area contributed by atoms with E-state index < -0.39 is 0 Å². The molecule has 2 N–H and O–H groups in total. The summed E-state index contributed by atoms with van der Waals surface area (Å²) >= 11 is 1.47. The predicted octanol–water partition coefficient (Wildman–Crippen LogP) is 2.49. The molecule has 2 rings (SSSR count). The lowest BCUT2D eigenvalue weighted by atomic mass is 10.3. The minimum absolute atomic E-state index is 0.276. The number of hydrogen-bond acceptors (Lipinski definition) is 6. The number of anilines is 2. The zero-order valence-corrected chi connectivity index (χ0v) is 12.5. The van der Waals surface area contributed by atoms with Crippen LogP contribution in [0.2, 0.25) is 0 Å². The van der Waals surface area contributed by atoms with Gasteiger partial charge < -0.3 is 5.32 Å². The first kappa shape index (κ1) is 14.4. The molecule has 0 bridgehead atoms. The van der Waals surface area contributed by atoms with Gasteiger partial charge in [-0.2, -0.15) is 0 Å². The first-order chi connectivity index (χ1) is 9.63. The molecular weight excluding hydrogens is 274 g/mol. The molecule has 0 saturated carbocycles. The second-order valence-corrected chi connectivity index (χ2v) is 5.37. The van der Waals surface area contributed by atoms with Gasteiger partial charge in [-0.05, 0) is 32.4 Å². The maximum absolute atomic E-state index is 12.0. The Labute approximate surface area is 121 Å². The van der Waals surface area contributed by atoms with Crippen LogP contribution in [0.4, 0.5) is 10.9 Å². The average Bonchev–Trinajstić information content (AvgIpc) is 2.80. The third kappa shape index (κ3) is 3.30. The van der Waals surface area contributed by atoms with Crippen molar-refractivity contribution < 1.29 is 4.79 Å². The van der Waals surface area contributed by atoms with Crippen LogP contribution in [-0.2, 0) is 6.42 Å². The minimum atomic E-state index is -0.294. The lowest BCUT2D eigenvalue weighted by Gasteiger charge is -2.02. The van der Waals surface area contributed by atoms with Gasteiger partial charge in [-0.25, -0.2) is 4.98 Å². The zero-order chi connectivity index (χ0) is 14.5. The first-order valence-corrected chi connectivity index (χ1v) is 7.31. The fourth-order valence-electron chi connectivity index (χ4n) is 1.70. The number of rotatable bonds is 5. The molecule has 1 amide bonds. The molecule has 2 aromatic heterocycles. The molecule has 6 nitrogen and oxygen atoms in total. The Morgan fingerprint density at radius 1 is 1.30 bits per heavy atom. The Bertz CT molecular complexity index is 593. The highest BCUT2D eigenvalue weighted by Crippen LogP contribution is 2.22. The Kier molecular flexibility index (Phi) is 4.62. The Morgan fingerprint density at radius 3 is 2.65 bits per heavy atom. The predicted molar refractivity (Wildman–Crippen MR) is 80.4 cm³/mol. The molecule has 0 aliphatic rings. The van der Waals surface area contributed by atoms with Crippen LogP contribution in [0.5, 0.6) is 0 Å². The first-order valence-electron chi connectivity index (χ1n) is 6.49. The number of amides is 1. The standard InChI is InChI=1S/C13H17N5OS/c1-4-9-8(3)20-13(15-9)16-12(19)10-6-7-11(14-5-2)18-17-10/h6-7H,4-5H2,1-3H3,(H,14,18)(H,15,16,19). The van der Waals surface area contributed by atoms with Crippen molar-refractivity contribution in [2.24, 2.45) is 0 Å². The van der Waals surface area contributed by atoms with E-state index in [2.05, 4.69) is 25.8 Å². The van der Waals surface area contributed by atoms with Crippen LogP contribution in [0.3, 0.4) is 0 Å². The molecule has 0 radical (unpaired) electrons. The highest BCUT2D eigenvalue weighted by atomic mass is 32.1. The lowest BCUT2D eigenvalue weighted by molar-refractivity contribution is 0.102. The van der Waals surface area contributed by atoms with E-state index in [-0.39, 0.29) is 11.6 Å². The molecule has 0 aromatic carbocycles. The molecule has 106 valence electrons. The molecule has 0 aliphatic heterocycles. The summed E-state index contributed by atoms with van der Waals surface area (Å²) in [5.74, 6) is 0.361. The summed E-state index contributed by atoms with van der Waals surface area (Å²) in [6.07, 6.45) is 0.857. The number of hydrogen-bond donors (Lipinski definition) is 2. The topological polar surface area (TPSA) is 79.8 Å². The van der Waals surface area contributed by atoms with Crippen LogP contribution in [-0.4, -0.2) is 27.6 Å². The summed E-state index contributed by atoms with van der Waals surface area (Å²) in [6.45, 7) is 6.77. The molecule has 0 unspecified atom stereocenters. The van der Waals surface area contributed by atoms with Gasteiger partial charge in [-0.1, -0.05) is 6.92 Å². The molecule has 0 aliphatic carbocycles. The van der Waals surface area contributed by atoms with Crippen LogP contribution in [0, 0.1) is 6.92 Å². The molecule has 0 saturated heterocycles. The SMILES string of the molecule is CCNc1ccc(C(=O)Nc2nc(CC)c(C)s2)nn1. The van der Waals surface area contributed by atoms with Crippen molar-refractivity contribution in [3.63, 3.8) is 0 Å². The highest BCUT2D eigenvalue weighted by Gasteiger charge is 2.12. The Balaban J connectivity index is 2.07. The third-order valence-corrected chi connectivity index (χ3v) is 3.63.